The average molecular weight is 473 g/mol. The summed E-state index contributed by atoms with van der Waals surface area (Å²) in [7, 11) is 0. The van der Waals surface area contributed by atoms with E-state index in [-0.39, 0.29) is 36.9 Å². The molecule has 0 saturated heterocycles. The zero-order valence-corrected chi connectivity index (χ0v) is 20.3. The fraction of sp³-hybridized carbons (Fsp3) is 0.630. The lowest BCUT2D eigenvalue weighted by Crippen LogP contribution is -2.67. The summed E-state index contributed by atoms with van der Waals surface area (Å²) < 4.78 is 28.5. The number of rotatable bonds is 6. The van der Waals surface area contributed by atoms with Crippen molar-refractivity contribution in [2.45, 2.75) is 78.0 Å². The summed E-state index contributed by atoms with van der Waals surface area (Å²) in [6.45, 7) is 6.49. The molecule has 2 saturated carbocycles. The van der Waals surface area contributed by atoms with Crippen LogP contribution in [0.25, 0.3) is 0 Å². The average Bonchev–Trinajstić information content (AvgIpc) is 3.10. The molecule has 184 valence electrons. The standard InChI is InChI=1S/C27H33FO6/c1-5-6-24(32)34-23-14-25(3)19(9-10-21(25)22(31)15-33-16(2)29)20-8-7-17-13-18(30)11-12-26(17,4)27(20,23)28/h10-13,19-20,23H,5-9,14-15H2,1-4H3/t19-,20-,23-,25+,26+,27+/m1/s1. The fourth-order valence-electron chi connectivity index (χ4n) is 6.97. The zero-order valence-electron chi connectivity index (χ0n) is 20.3. The molecule has 0 N–H and O–H groups in total. The maximum Gasteiger partial charge on any atom is 0.306 e. The van der Waals surface area contributed by atoms with Crippen molar-refractivity contribution in [1.29, 1.82) is 0 Å². The van der Waals surface area contributed by atoms with Crippen LogP contribution in [0.5, 0.6) is 0 Å². The Kier molecular flexibility index (Phi) is 6.19. The van der Waals surface area contributed by atoms with Gasteiger partial charge < -0.3 is 9.47 Å². The van der Waals surface area contributed by atoms with Gasteiger partial charge in [-0.15, -0.1) is 0 Å². The van der Waals surface area contributed by atoms with E-state index in [1.54, 1.807) is 13.0 Å². The molecular formula is C27H33FO6. The monoisotopic (exact) mass is 472 g/mol. The molecule has 4 aliphatic rings. The van der Waals surface area contributed by atoms with E-state index in [1.165, 1.54) is 19.1 Å². The number of hydrogen-bond acceptors (Lipinski definition) is 6. The van der Waals surface area contributed by atoms with E-state index in [2.05, 4.69) is 0 Å². The summed E-state index contributed by atoms with van der Waals surface area (Å²) in [5.74, 6) is -2.09. The first kappa shape index (κ1) is 24.6. The molecule has 0 spiro atoms. The van der Waals surface area contributed by atoms with Crippen LogP contribution in [0.15, 0.2) is 35.5 Å². The molecule has 0 bridgehead atoms. The summed E-state index contributed by atoms with van der Waals surface area (Å²) in [4.78, 5) is 48.9. The lowest BCUT2D eigenvalue weighted by atomic mass is 9.45. The zero-order chi connectivity index (χ0) is 24.9. The Hall–Kier alpha value is -2.57. The number of ether oxygens (including phenoxy) is 2. The van der Waals surface area contributed by atoms with E-state index >= 15 is 4.39 Å². The molecule has 0 radical (unpaired) electrons. The van der Waals surface area contributed by atoms with Gasteiger partial charge in [-0.25, -0.2) is 4.39 Å². The minimum atomic E-state index is -1.91. The van der Waals surface area contributed by atoms with Crippen LogP contribution in [0.2, 0.25) is 0 Å². The van der Waals surface area contributed by atoms with Gasteiger partial charge in [-0.1, -0.05) is 31.6 Å². The van der Waals surface area contributed by atoms with E-state index < -0.39 is 40.5 Å². The second kappa shape index (κ2) is 8.58. The molecule has 2 fully saturated rings. The molecular weight excluding hydrogens is 439 g/mol. The Labute approximate surface area is 199 Å². The SMILES string of the molecule is CCCC(=O)O[C@@H]1C[C@]2(C)C(C(=O)COC(C)=O)=CC[C@@H]2[C@H]2CCC3=CC(=O)C=C[C@]3(C)[C@]21F. The summed E-state index contributed by atoms with van der Waals surface area (Å²) in [6.07, 6.45) is 7.87. The highest BCUT2D eigenvalue weighted by Gasteiger charge is 2.71. The molecule has 0 aromatic carbocycles. The molecule has 4 aliphatic carbocycles. The number of esters is 2. The smallest absolute Gasteiger partial charge is 0.306 e. The molecule has 0 aromatic rings. The minimum absolute atomic E-state index is 0.155. The van der Waals surface area contributed by atoms with Crippen LogP contribution in [0.4, 0.5) is 4.39 Å². The highest BCUT2D eigenvalue weighted by molar-refractivity contribution is 6.01. The molecule has 0 aromatic heterocycles. The summed E-state index contributed by atoms with van der Waals surface area (Å²) in [5, 5.41) is 0. The Balaban J connectivity index is 1.75. The van der Waals surface area contributed by atoms with Gasteiger partial charge in [0.2, 0.25) is 0 Å². The van der Waals surface area contributed by atoms with Crippen molar-refractivity contribution in [1.82, 2.24) is 0 Å². The number of carbonyl (C=O) groups excluding carboxylic acids is 4. The van der Waals surface area contributed by atoms with E-state index in [0.717, 1.165) is 5.57 Å². The highest BCUT2D eigenvalue weighted by atomic mass is 19.1. The number of fused-ring (bicyclic) bond motifs is 5. The van der Waals surface area contributed by atoms with Crippen LogP contribution in [0.3, 0.4) is 0 Å². The number of ketones is 2. The molecule has 0 unspecified atom stereocenters. The number of Topliss-reactive ketones (excluding diaryl/α,β-unsaturated/α-hetero) is 1. The van der Waals surface area contributed by atoms with Crippen molar-refractivity contribution >= 4 is 23.5 Å². The number of halogens is 1. The lowest BCUT2D eigenvalue weighted by Gasteiger charge is -2.62. The van der Waals surface area contributed by atoms with Crippen molar-refractivity contribution in [3.8, 4) is 0 Å². The molecule has 0 aliphatic heterocycles. The second-order valence-corrected chi connectivity index (χ2v) is 10.5. The lowest BCUT2D eigenvalue weighted by molar-refractivity contribution is -0.207. The van der Waals surface area contributed by atoms with Crippen LogP contribution in [-0.4, -0.2) is 41.9 Å². The number of hydrogen-bond donors (Lipinski definition) is 0. The van der Waals surface area contributed by atoms with Crippen molar-refractivity contribution in [2.75, 3.05) is 6.61 Å². The van der Waals surface area contributed by atoms with Crippen LogP contribution >= 0.6 is 0 Å². The Bertz CT molecular complexity index is 1020. The maximum atomic E-state index is 17.7. The van der Waals surface area contributed by atoms with Crippen molar-refractivity contribution in [2.24, 2.45) is 22.7 Å². The third-order valence-corrected chi connectivity index (χ3v) is 8.63. The predicted octanol–water partition coefficient (Wildman–Crippen LogP) is 4.38. The second-order valence-electron chi connectivity index (χ2n) is 10.5. The van der Waals surface area contributed by atoms with Gasteiger partial charge in [0.05, 0.1) is 0 Å². The first-order valence-corrected chi connectivity index (χ1v) is 12.2. The van der Waals surface area contributed by atoms with Gasteiger partial charge in [0.15, 0.2) is 23.8 Å². The van der Waals surface area contributed by atoms with Crippen molar-refractivity contribution < 1.29 is 33.0 Å². The Morgan fingerprint density at radius 1 is 1.21 bits per heavy atom. The van der Waals surface area contributed by atoms with Crippen molar-refractivity contribution in [3.63, 3.8) is 0 Å². The van der Waals surface area contributed by atoms with Gasteiger partial charge in [-0.2, -0.15) is 0 Å². The third kappa shape index (κ3) is 3.59. The Morgan fingerprint density at radius 3 is 2.62 bits per heavy atom. The first-order valence-electron chi connectivity index (χ1n) is 12.2. The summed E-state index contributed by atoms with van der Waals surface area (Å²) >= 11 is 0. The van der Waals surface area contributed by atoms with Crippen LogP contribution < -0.4 is 0 Å². The topological polar surface area (TPSA) is 86.7 Å². The van der Waals surface area contributed by atoms with E-state index in [9.17, 15) is 19.2 Å². The van der Waals surface area contributed by atoms with Gasteiger partial charge in [-0.05, 0) is 57.1 Å². The number of alkyl halides is 1. The van der Waals surface area contributed by atoms with Gasteiger partial charge in [0, 0.05) is 35.7 Å². The largest absolute Gasteiger partial charge is 0.459 e. The van der Waals surface area contributed by atoms with Gasteiger partial charge in [0.25, 0.3) is 0 Å². The van der Waals surface area contributed by atoms with Crippen molar-refractivity contribution in [3.05, 3.63) is 35.5 Å². The van der Waals surface area contributed by atoms with Gasteiger partial charge in [0.1, 0.15) is 6.10 Å². The minimum Gasteiger partial charge on any atom is -0.459 e. The highest BCUT2D eigenvalue weighted by Crippen LogP contribution is 2.68. The summed E-state index contributed by atoms with van der Waals surface area (Å²) in [5.41, 5.74) is -2.44. The Morgan fingerprint density at radius 2 is 1.94 bits per heavy atom. The van der Waals surface area contributed by atoms with Gasteiger partial charge in [-0.3, -0.25) is 19.2 Å². The molecule has 4 rings (SSSR count). The molecule has 6 atom stereocenters. The van der Waals surface area contributed by atoms with Crippen LogP contribution in [0, 0.1) is 22.7 Å². The third-order valence-electron chi connectivity index (χ3n) is 8.63. The fourth-order valence-corrected chi connectivity index (χ4v) is 6.97. The number of allylic oxidation sites excluding steroid dienone is 5. The van der Waals surface area contributed by atoms with E-state index in [0.29, 0.717) is 31.3 Å². The summed E-state index contributed by atoms with van der Waals surface area (Å²) in [6, 6.07) is 0. The molecule has 0 heterocycles. The maximum absolute atomic E-state index is 17.7. The van der Waals surface area contributed by atoms with E-state index in [4.69, 9.17) is 9.47 Å². The predicted molar refractivity (Wildman–Crippen MR) is 122 cm³/mol. The van der Waals surface area contributed by atoms with E-state index in [1.807, 2.05) is 19.9 Å². The first-order chi connectivity index (χ1) is 16.0. The molecule has 34 heavy (non-hydrogen) atoms. The number of carbonyl (C=O) groups is 4. The van der Waals surface area contributed by atoms with Crippen LogP contribution in [0.1, 0.15) is 66.2 Å². The normalized spacial score (nSPS) is 38.1. The van der Waals surface area contributed by atoms with Crippen LogP contribution in [-0.2, 0) is 28.7 Å². The molecule has 7 heteroatoms. The quantitative estimate of drug-likeness (QED) is 0.534. The van der Waals surface area contributed by atoms with Gasteiger partial charge >= 0.3 is 11.9 Å². The molecule has 6 nitrogen and oxygen atoms in total. The molecule has 0 amide bonds.